The average molecular weight is 232 g/mol. The van der Waals surface area contributed by atoms with Gasteiger partial charge in [-0.15, -0.1) is 0 Å². The van der Waals surface area contributed by atoms with Gasteiger partial charge in [0.25, 0.3) is 0 Å². The first kappa shape index (κ1) is 11.7. The monoisotopic (exact) mass is 232 g/mol. The molecule has 1 heterocycles. The topological polar surface area (TPSA) is 79.1 Å². The van der Waals surface area contributed by atoms with Crippen molar-refractivity contribution in [1.29, 1.82) is 0 Å². The van der Waals surface area contributed by atoms with Crippen LogP contribution in [0.1, 0.15) is 28.4 Å². The fraction of sp³-hybridized carbons (Fsp3) is 0.308. The Balaban J connectivity index is 2.73. The maximum atomic E-state index is 10.9. The fourth-order valence-electron chi connectivity index (χ4n) is 2.37. The summed E-state index contributed by atoms with van der Waals surface area (Å²) in [6.45, 7) is 5.94. The van der Waals surface area contributed by atoms with Crippen molar-refractivity contribution >= 4 is 16.9 Å². The fourth-order valence-corrected chi connectivity index (χ4v) is 2.37. The maximum Gasteiger partial charge on any atom is 0.326 e. The molecule has 0 spiro atoms. The van der Waals surface area contributed by atoms with Crippen LogP contribution < -0.4 is 5.73 Å². The number of carboxylic acid groups (broad SMARTS) is 1. The molecule has 0 saturated heterocycles. The molecule has 0 fully saturated rings. The first-order valence-electron chi connectivity index (χ1n) is 5.49. The van der Waals surface area contributed by atoms with E-state index in [4.69, 9.17) is 10.8 Å². The van der Waals surface area contributed by atoms with Crippen LogP contribution in [0.5, 0.6) is 0 Å². The van der Waals surface area contributed by atoms with E-state index in [2.05, 4.69) is 11.1 Å². The average Bonchev–Trinajstić information content (AvgIpc) is 2.54. The molecule has 0 radical (unpaired) electrons. The first-order chi connectivity index (χ1) is 7.91. The highest BCUT2D eigenvalue weighted by atomic mass is 16.4. The molecule has 0 bridgehead atoms. The van der Waals surface area contributed by atoms with Gasteiger partial charge in [0.15, 0.2) is 0 Å². The van der Waals surface area contributed by atoms with E-state index < -0.39 is 12.0 Å². The Morgan fingerprint density at radius 2 is 2.00 bits per heavy atom. The summed E-state index contributed by atoms with van der Waals surface area (Å²) >= 11 is 0. The van der Waals surface area contributed by atoms with Crippen LogP contribution >= 0.6 is 0 Å². The summed E-state index contributed by atoms with van der Waals surface area (Å²) in [4.78, 5) is 14.1. The summed E-state index contributed by atoms with van der Waals surface area (Å²) in [7, 11) is 0. The van der Waals surface area contributed by atoms with Gasteiger partial charge in [-0.3, -0.25) is 4.79 Å². The number of carbonyl (C=O) groups is 1. The number of nitrogens with two attached hydrogens (primary N) is 1. The lowest BCUT2D eigenvalue weighted by atomic mass is 10.0. The quantitative estimate of drug-likeness (QED) is 0.742. The Morgan fingerprint density at radius 3 is 2.59 bits per heavy atom. The van der Waals surface area contributed by atoms with Gasteiger partial charge in [-0.2, -0.15) is 0 Å². The Morgan fingerprint density at radius 1 is 1.35 bits per heavy atom. The van der Waals surface area contributed by atoms with Crippen LogP contribution in [-0.2, 0) is 4.79 Å². The second kappa shape index (κ2) is 3.89. The first-order valence-corrected chi connectivity index (χ1v) is 5.49. The van der Waals surface area contributed by atoms with Crippen LogP contribution in [0.4, 0.5) is 0 Å². The number of carboxylic acids is 1. The molecule has 1 aromatic heterocycles. The molecule has 0 saturated carbocycles. The number of aromatic amines is 1. The van der Waals surface area contributed by atoms with Crippen molar-refractivity contribution in [2.75, 3.05) is 0 Å². The zero-order valence-corrected chi connectivity index (χ0v) is 10.2. The van der Waals surface area contributed by atoms with Gasteiger partial charge < -0.3 is 15.8 Å². The minimum Gasteiger partial charge on any atom is -0.480 e. The van der Waals surface area contributed by atoms with Crippen LogP contribution in [0, 0.1) is 20.8 Å². The zero-order chi connectivity index (χ0) is 12.7. The Kier molecular flexibility index (Phi) is 2.67. The molecular formula is C13H16N2O2. The molecule has 0 amide bonds. The van der Waals surface area contributed by atoms with Crippen molar-refractivity contribution in [2.45, 2.75) is 26.8 Å². The predicted molar refractivity (Wildman–Crippen MR) is 67.1 cm³/mol. The summed E-state index contributed by atoms with van der Waals surface area (Å²) < 4.78 is 0. The van der Waals surface area contributed by atoms with Crippen LogP contribution in [0.15, 0.2) is 12.1 Å². The normalized spacial score (nSPS) is 12.9. The van der Waals surface area contributed by atoms with Crippen molar-refractivity contribution in [3.8, 4) is 0 Å². The smallest absolute Gasteiger partial charge is 0.326 e. The molecule has 17 heavy (non-hydrogen) atoms. The molecule has 90 valence electrons. The summed E-state index contributed by atoms with van der Waals surface area (Å²) in [6, 6.07) is 3.09. The molecule has 4 heteroatoms. The molecule has 0 aliphatic rings. The standard InChI is InChI=1S/C13H16N2O2/c1-6-4-7(2)10-8(3)12(11(14)13(16)17)15-9(10)5-6/h4-5,11,15H,14H2,1-3H3,(H,16,17). The molecule has 4 N–H and O–H groups in total. The van der Waals surface area contributed by atoms with E-state index in [1.807, 2.05) is 26.8 Å². The molecule has 1 atom stereocenters. The summed E-state index contributed by atoms with van der Waals surface area (Å²) in [6.07, 6.45) is 0. The van der Waals surface area contributed by atoms with Gasteiger partial charge >= 0.3 is 5.97 Å². The lowest BCUT2D eigenvalue weighted by molar-refractivity contribution is -0.138. The number of aliphatic carboxylic acids is 1. The van der Waals surface area contributed by atoms with Crippen molar-refractivity contribution < 1.29 is 9.90 Å². The largest absolute Gasteiger partial charge is 0.480 e. The number of aryl methyl sites for hydroxylation is 3. The summed E-state index contributed by atoms with van der Waals surface area (Å²) in [5, 5.41) is 10.0. The highest BCUT2D eigenvalue weighted by Gasteiger charge is 2.20. The van der Waals surface area contributed by atoms with Crippen molar-refractivity contribution in [3.63, 3.8) is 0 Å². The number of fused-ring (bicyclic) bond motifs is 1. The van der Waals surface area contributed by atoms with Crippen molar-refractivity contribution in [1.82, 2.24) is 4.98 Å². The van der Waals surface area contributed by atoms with E-state index in [1.54, 1.807) is 0 Å². The molecule has 0 aliphatic carbocycles. The number of nitrogens with one attached hydrogen (secondary N) is 1. The van der Waals surface area contributed by atoms with E-state index in [-0.39, 0.29) is 0 Å². The van der Waals surface area contributed by atoms with E-state index in [0.29, 0.717) is 5.69 Å². The number of benzene rings is 1. The molecule has 0 aliphatic heterocycles. The van der Waals surface area contributed by atoms with E-state index in [0.717, 1.165) is 27.6 Å². The highest BCUT2D eigenvalue weighted by molar-refractivity contribution is 5.90. The molecule has 4 nitrogen and oxygen atoms in total. The minimum absolute atomic E-state index is 0.584. The third-order valence-corrected chi connectivity index (χ3v) is 3.11. The SMILES string of the molecule is Cc1cc(C)c2c(C)c(C(N)C(=O)O)[nH]c2c1. The van der Waals surface area contributed by atoms with Gasteiger partial charge in [-0.25, -0.2) is 0 Å². The van der Waals surface area contributed by atoms with Gasteiger partial charge in [0.2, 0.25) is 0 Å². The second-order valence-corrected chi connectivity index (χ2v) is 4.48. The number of hydrogen-bond acceptors (Lipinski definition) is 2. The Bertz CT molecular complexity index is 599. The van der Waals surface area contributed by atoms with Crippen LogP contribution in [0.25, 0.3) is 10.9 Å². The minimum atomic E-state index is -1.02. The maximum absolute atomic E-state index is 10.9. The van der Waals surface area contributed by atoms with Gasteiger partial charge in [-0.05, 0) is 43.5 Å². The third kappa shape index (κ3) is 1.80. The van der Waals surface area contributed by atoms with Crippen LogP contribution in [0.3, 0.4) is 0 Å². The summed E-state index contributed by atoms with van der Waals surface area (Å²) in [5.41, 5.74) is 10.4. The lowest BCUT2D eigenvalue weighted by Gasteiger charge is -2.05. The van der Waals surface area contributed by atoms with Gasteiger partial charge in [0.1, 0.15) is 6.04 Å². The van der Waals surface area contributed by atoms with Crippen molar-refractivity contribution in [2.24, 2.45) is 5.73 Å². The predicted octanol–water partition coefficient (Wildman–Crippen LogP) is 2.18. The van der Waals surface area contributed by atoms with Crippen LogP contribution in [-0.4, -0.2) is 16.1 Å². The Hall–Kier alpha value is -1.81. The molecule has 1 aromatic carbocycles. The Labute approximate surface area is 99.4 Å². The third-order valence-electron chi connectivity index (χ3n) is 3.11. The van der Waals surface area contributed by atoms with E-state index in [1.165, 1.54) is 0 Å². The molecule has 2 rings (SSSR count). The second-order valence-electron chi connectivity index (χ2n) is 4.48. The number of aromatic nitrogens is 1. The number of rotatable bonds is 2. The van der Waals surface area contributed by atoms with Crippen molar-refractivity contribution in [3.05, 3.63) is 34.5 Å². The van der Waals surface area contributed by atoms with Gasteiger partial charge in [0.05, 0.1) is 0 Å². The molecular weight excluding hydrogens is 216 g/mol. The van der Waals surface area contributed by atoms with Crippen LogP contribution in [0.2, 0.25) is 0 Å². The molecule has 1 unspecified atom stereocenters. The number of H-pyrrole nitrogens is 1. The highest BCUT2D eigenvalue weighted by Crippen LogP contribution is 2.28. The van der Waals surface area contributed by atoms with Gasteiger partial charge in [-0.1, -0.05) is 6.07 Å². The zero-order valence-electron chi connectivity index (χ0n) is 10.2. The lowest BCUT2D eigenvalue weighted by Crippen LogP contribution is -2.21. The van der Waals surface area contributed by atoms with Gasteiger partial charge in [0, 0.05) is 16.6 Å². The van der Waals surface area contributed by atoms with E-state index in [9.17, 15) is 4.79 Å². The summed E-state index contributed by atoms with van der Waals surface area (Å²) in [5.74, 6) is -1.02. The number of hydrogen-bond donors (Lipinski definition) is 3. The van der Waals surface area contributed by atoms with E-state index >= 15 is 0 Å². The molecule has 2 aromatic rings.